The van der Waals surface area contributed by atoms with Gasteiger partial charge in [-0.25, -0.2) is 4.39 Å². The molecular formula is C18H11Cl2FN6O3. The maximum absolute atomic E-state index is 14.2. The van der Waals surface area contributed by atoms with E-state index in [1.807, 2.05) is 0 Å². The molecule has 0 saturated heterocycles. The molecule has 0 saturated carbocycles. The first-order valence-electron chi connectivity index (χ1n) is 8.46. The number of fused-ring (bicyclic) bond motifs is 1. The summed E-state index contributed by atoms with van der Waals surface area (Å²) in [5.41, 5.74) is 0.350. The Morgan fingerprint density at radius 1 is 1.10 bits per heavy atom. The third-order valence-corrected chi connectivity index (χ3v) is 5.13. The van der Waals surface area contributed by atoms with Gasteiger partial charge in [0.2, 0.25) is 5.91 Å². The van der Waals surface area contributed by atoms with Gasteiger partial charge in [0, 0.05) is 0 Å². The highest BCUT2D eigenvalue weighted by molar-refractivity contribution is 6.43. The highest BCUT2D eigenvalue weighted by atomic mass is 35.5. The van der Waals surface area contributed by atoms with Crippen molar-refractivity contribution in [2.24, 2.45) is 0 Å². The van der Waals surface area contributed by atoms with Gasteiger partial charge in [-0.3, -0.25) is 19.3 Å². The molecule has 1 N–H and O–H groups in total. The average Bonchev–Trinajstić information content (AvgIpc) is 3.22. The minimum Gasteiger partial charge on any atom is -0.322 e. The second-order valence-electron chi connectivity index (χ2n) is 6.36. The van der Waals surface area contributed by atoms with Crippen LogP contribution >= 0.6 is 23.2 Å². The number of tetrazole rings is 1. The summed E-state index contributed by atoms with van der Waals surface area (Å²) in [5, 5.41) is 13.6. The predicted molar refractivity (Wildman–Crippen MR) is 104 cm³/mol. The van der Waals surface area contributed by atoms with Crippen LogP contribution < -0.4 is 5.32 Å². The molecule has 0 unspecified atom stereocenters. The summed E-state index contributed by atoms with van der Waals surface area (Å²) in [7, 11) is 0. The van der Waals surface area contributed by atoms with Crippen molar-refractivity contribution < 1.29 is 18.8 Å². The monoisotopic (exact) mass is 448 g/mol. The maximum atomic E-state index is 14.2. The van der Waals surface area contributed by atoms with E-state index < -0.39 is 30.1 Å². The van der Waals surface area contributed by atoms with Crippen LogP contribution in [0.1, 0.15) is 26.5 Å². The van der Waals surface area contributed by atoms with Crippen LogP contribution in [0.4, 0.5) is 10.1 Å². The van der Waals surface area contributed by atoms with Gasteiger partial charge in [-0.15, -0.1) is 5.10 Å². The Kier molecular flexibility index (Phi) is 4.96. The summed E-state index contributed by atoms with van der Waals surface area (Å²) in [6, 6.07) is 6.45. The zero-order valence-electron chi connectivity index (χ0n) is 15.2. The Balaban J connectivity index is 1.54. The van der Waals surface area contributed by atoms with Crippen LogP contribution in [0, 0.1) is 12.7 Å². The lowest BCUT2D eigenvalue weighted by atomic mass is 10.1. The Morgan fingerprint density at radius 3 is 2.30 bits per heavy atom. The molecule has 12 heteroatoms. The largest absolute Gasteiger partial charge is 0.322 e. The number of aryl methyl sites for hydroxylation is 1. The first-order chi connectivity index (χ1) is 14.3. The highest BCUT2D eigenvalue weighted by Crippen LogP contribution is 2.31. The molecule has 2 aromatic carbocycles. The number of imide groups is 1. The summed E-state index contributed by atoms with van der Waals surface area (Å²) < 4.78 is 15.5. The lowest BCUT2D eigenvalue weighted by Crippen LogP contribution is -2.37. The van der Waals surface area contributed by atoms with E-state index in [-0.39, 0.29) is 26.9 Å². The van der Waals surface area contributed by atoms with E-state index in [1.54, 1.807) is 6.92 Å². The molecule has 0 fully saturated rings. The fourth-order valence-corrected chi connectivity index (χ4v) is 3.30. The number of carbonyl (C=O) groups is 3. The van der Waals surface area contributed by atoms with Crippen molar-refractivity contribution in [3.63, 3.8) is 0 Å². The molecular weight excluding hydrogens is 438 g/mol. The lowest BCUT2D eigenvalue weighted by Gasteiger charge is -2.14. The van der Waals surface area contributed by atoms with Gasteiger partial charge in [0.25, 0.3) is 11.8 Å². The first kappa shape index (κ1) is 19.9. The van der Waals surface area contributed by atoms with Crippen molar-refractivity contribution in [2.75, 3.05) is 11.9 Å². The van der Waals surface area contributed by atoms with Crippen molar-refractivity contribution in [2.45, 2.75) is 6.92 Å². The molecule has 0 aliphatic carbocycles. The van der Waals surface area contributed by atoms with E-state index in [4.69, 9.17) is 23.2 Å². The summed E-state index contributed by atoms with van der Waals surface area (Å²) in [4.78, 5) is 38.2. The fourth-order valence-electron chi connectivity index (χ4n) is 2.97. The SMILES string of the molecule is Cc1nnnn1-c1ccc(F)c(NC(=O)CN2C(=O)c3cc(Cl)c(Cl)cc3C2=O)c1. The molecule has 0 atom stereocenters. The van der Waals surface area contributed by atoms with Crippen LogP contribution in [-0.2, 0) is 4.79 Å². The molecule has 1 aliphatic heterocycles. The number of anilines is 1. The fraction of sp³-hybridized carbons (Fsp3) is 0.111. The number of nitrogens with zero attached hydrogens (tertiary/aromatic N) is 5. The number of aromatic nitrogens is 4. The number of rotatable bonds is 4. The quantitative estimate of drug-likeness (QED) is 0.614. The van der Waals surface area contributed by atoms with Gasteiger partial charge in [0.05, 0.1) is 32.5 Å². The van der Waals surface area contributed by atoms with Crippen molar-refractivity contribution in [3.8, 4) is 5.69 Å². The maximum Gasteiger partial charge on any atom is 0.262 e. The molecule has 0 bridgehead atoms. The van der Waals surface area contributed by atoms with Gasteiger partial charge >= 0.3 is 0 Å². The van der Waals surface area contributed by atoms with Gasteiger partial charge in [-0.1, -0.05) is 23.2 Å². The van der Waals surface area contributed by atoms with Crippen LogP contribution in [0.25, 0.3) is 5.69 Å². The van der Waals surface area contributed by atoms with Gasteiger partial charge < -0.3 is 5.32 Å². The topological polar surface area (TPSA) is 110 Å². The zero-order valence-corrected chi connectivity index (χ0v) is 16.7. The van der Waals surface area contributed by atoms with Crippen molar-refractivity contribution in [1.82, 2.24) is 25.1 Å². The van der Waals surface area contributed by atoms with E-state index >= 15 is 0 Å². The number of nitrogens with one attached hydrogen (secondary N) is 1. The lowest BCUT2D eigenvalue weighted by molar-refractivity contribution is -0.116. The molecule has 30 heavy (non-hydrogen) atoms. The number of amides is 3. The summed E-state index contributed by atoms with van der Waals surface area (Å²) in [6.45, 7) is 1.04. The summed E-state index contributed by atoms with van der Waals surface area (Å²) in [5.74, 6) is -2.41. The molecule has 2 heterocycles. The van der Waals surface area contributed by atoms with Crippen LogP contribution in [0.5, 0.6) is 0 Å². The van der Waals surface area contributed by atoms with E-state index in [9.17, 15) is 18.8 Å². The average molecular weight is 449 g/mol. The van der Waals surface area contributed by atoms with Crippen LogP contribution in [-0.4, -0.2) is 49.4 Å². The van der Waals surface area contributed by atoms with Gasteiger partial charge in [-0.05, 0) is 47.7 Å². The third kappa shape index (κ3) is 3.40. The van der Waals surface area contributed by atoms with Crippen molar-refractivity contribution >= 4 is 46.6 Å². The van der Waals surface area contributed by atoms with E-state index in [2.05, 4.69) is 20.8 Å². The second-order valence-corrected chi connectivity index (χ2v) is 7.17. The van der Waals surface area contributed by atoms with E-state index in [0.29, 0.717) is 11.5 Å². The highest BCUT2D eigenvalue weighted by Gasteiger charge is 2.37. The molecule has 3 aromatic rings. The summed E-state index contributed by atoms with van der Waals surface area (Å²) in [6.07, 6.45) is 0. The molecule has 0 spiro atoms. The molecule has 4 rings (SSSR count). The minimum absolute atomic E-state index is 0.0459. The normalized spacial score (nSPS) is 13.0. The Hall–Kier alpha value is -3.37. The van der Waals surface area contributed by atoms with E-state index in [1.165, 1.54) is 28.9 Å². The Labute approximate surface area is 178 Å². The number of hydrogen-bond donors (Lipinski definition) is 1. The molecule has 1 aliphatic rings. The van der Waals surface area contributed by atoms with Crippen molar-refractivity contribution in [1.29, 1.82) is 0 Å². The third-order valence-electron chi connectivity index (χ3n) is 4.41. The van der Waals surface area contributed by atoms with Crippen LogP contribution in [0.15, 0.2) is 30.3 Å². The summed E-state index contributed by atoms with van der Waals surface area (Å²) >= 11 is 11.8. The van der Waals surface area contributed by atoms with E-state index in [0.717, 1.165) is 11.0 Å². The van der Waals surface area contributed by atoms with Gasteiger partial charge in [0.15, 0.2) is 5.82 Å². The number of benzene rings is 2. The molecule has 1 aromatic heterocycles. The first-order valence-corrected chi connectivity index (χ1v) is 9.22. The molecule has 3 amide bonds. The number of halogens is 3. The Bertz CT molecular complexity index is 1190. The van der Waals surface area contributed by atoms with Gasteiger partial charge in [-0.2, -0.15) is 4.68 Å². The number of carbonyl (C=O) groups excluding carboxylic acids is 3. The second kappa shape index (κ2) is 7.47. The zero-order chi connectivity index (χ0) is 21.6. The standard InChI is InChI=1S/C18H11Cl2FN6O3/c1-8-23-24-25-27(8)9-2-3-14(21)15(4-9)22-16(28)7-26-17(29)10-5-12(19)13(20)6-11(10)18(26)30/h2-6H,7H2,1H3,(H,22,28). The van der Waals surface area contributed by atoms with Crippen LogP contribution in [0.2, 0.25) is 10.0 Å². The smallest absolute Gasteiger partial charge is 0.262 e. The molecule has 152 valence electrons. The molecule has 9 nitrogen and oxygen atoms in total. The van der Waals surface area contributed by atoms with Crippen molar-refractivity contribution in [3.05, 3.63) is 63.1 Å². The molecule has 0 radical (unpaired) electrons. The predicted octanol–water partition coefficient (Wildman–Crippen LogP) is 2.65. The van der Waals surface area contributed by atoms with Crippen LogP contribution in [0.3, 0.4) is 0 Å². The van der Waals surface area contributed by atoms with Gasteiger partial charge in [0.1, 0.15) is 12.4 Å². The number of hydrogen-bond acceptors (Lipinski definition) is 6. The minimum atomic E-state index is -0.772. The Morgan fingerprint density at radius 2 is 1.73 bits per heavy atom.